The van der Waals surface area contributed by atoms with Gasteiger partial charge in [-0.25, -0.2) is 13.1 Å². The number of aliphatic hydroxyl groups is 1. The Bertz CT molecular complexity index is 515. The minimum Gasteiger partial charge on any atom is -0.493 e. The number of ether oxygens (including phenoxy) is 2. The lowest BCUT2D eigenvalue weighted by molar-refractivity contribution is 0.295. The minimum absolute atomic E-state index is 0.0601. The second kappa shape index (κ2) is 8.08. The molecule has 0 saturated heterocycles. The summed E-state index contributed by atoms with van der Waals surface area (Å²) in [4.78, 5) is 0. The fourth-order valence-corrected chi connectivity index (χ4v) is 2.78. The summed E-state index contributed by atoms with van der Waals surface area (Å²) in [5.74, 6) is 1.20. The van der Waals surface area contributed by atoms with Gasteiger partial charge in [0.15, 0.2) is 11.5 Å². The van der Waals surface area contributed by atoms with Crippen molar-refractivity contribution in [3.05, 3.63) is 23.8 Å². The van der Waals surface area contributed by atoms with Crippen molar-refractivity contribution in [2.24, 2.45) is 0 Å². The van der Waals surface area contributed by atoms with E-state index in [1.165, 1.54) is 0 Å². The second-order valence-electron chi connectivity index (χ2n) is 4.23. The third kappa shape index (κ3) is 5.36. The molecular formula is C13H21NO5S. The van der Waals surface area contributed by atoms with Crippen LogP contribution in [0.15, 0.2) is 18.2 Å². The predicted molar refractivity (Wildman–Crippen MR) is 76.7 cm³/mol. The van der Waals surface area contributed by atoms with E-state index in [2.05, 4.69) is 4.72 Å². The van der Waals surface area contributed by atoms with Crippen LogP contribution in [0.4, 0.5) is 0 Å². The first kappa shape index (κ1) is 16.7. The van der Waals surface area contributed by atoms with Gasteiger partial charge in [-0.05, 0) is 30.5 Å². The van der Waals surface area contributed by atoms with E-state index in [0.29, 0.717) is 24.5 Å². The first-order chi connectivity index (χ1) is 9.52. The Kier molecular flexibility index (Phi) is 6.77. The number of nitrogens with one attached hydrogen (secondary N) is 1. The minimum atomic E-state index is -3.31. The molecule has 20 heavy (non-hydrogen) atoms. The number of rotatable bonds is 9. The molecule has 1 aromatic carbocycles. The maximum Gasteiger partial charge on any atom is 0.211 e. The maximum absolute atomic E-state index is 11.5. The number of methoxy groups -OCH3 is 2. The molecule has 0 bridgehead atoms. The standard InChI is InChI=1S/C13H21NO5S/c1-18-12-5-4-11(10-13(12)19-2)6-7-14-20(16,17)9-3-8-15/h4-5,10,14-15H,3,6-9H2,1-2H3. The summed E-state index contributed by atoms with van der Waals surface area (Å²) in [5.41, 5.74) is 0.951. The average molecular weight is 303 g/mol. The van der Waals surface area contributed by atoms with Crippen molar-refractivity contribution in [2.45, 2.75) is 12.8 Å². The summed E-state index contributed by atoms with van der Waals surface area (Å²) in [5, 5.41) is 8.62. The summed E-state index contributed by atoms with van der Waals surface area (Å²) < 4.78 is 35.9. The summed E-state index contributed by atoms with van der Waals surface area (Å²) >= 11 is 0. The topological polar surface area (TPSA) is 84.9 Å². The van der Waals surface area contributed by atoms with E-state index in [1.54, 1.807) is 20.3 Å². The molecule has 0 aromatic heterocycles. The van der Waals surface area contributed by atoms with Gasteiger partial charge in [0.1, 0.15) is 0 Å². The van der Waals surface area contributed by atoms with E-state index in [0.717, 1.165) is 5.56 Å². The van der Waals surface area contributed by atoms with Crippen molar-refractivity contribution in [1.29, 1.82) is 0 Å². The Morgan fingerprint density at radius 1 is 1.20 bits per heavy atom. The highest BCUT2D eigenvalue weighted by atomic mass is 32.2. The van der Waals surface area contributed by atoms with Crippen LogP contribution in [0.2, 0.25) is 0 Å². The maximum atomic E-state index is 11.5. The Hall–Kier alpha value is -1.31. The fourth-order valence-electron chi connectivity index (χ4n) is 1.71. The predicted octanol–water partition coefficient (Wildman–Crippen LogP) is 0.548. The Morgan fingerprint density at radius 3 is 2.50 bits per heavy atom. The van der Waals surface area contributed by atoms with Gasteiger partial charge in [0.05, 0.1) is 20.0 Å². The molecule has 2 N–H and O–H groups in total. The van der Waals surface area contributed by atoms with Gasteiger partial charge in [0.2, 0.25) is 10.0 Å². The van der Waals surface area contributed by atoms with E-state index in [1.807, 2.05) is 12.1 Å². The van der Waals surface area contributed by atoms with Gasteiger partial charge in [-0.15, -0.1) is 0 Å². The molecule has 1 aromatic rings. The van der Waals surface area contributed by atoms with Gasteiger partial charge in [-0.3, -0.25) is 0 Å². The molecule has 0 aliphatic heterocycles. The van der Waals surface area contributed by atoms with Gasteiger partial charge in [-0.1, -0.05) is 6.07 Å². The monoisotopic (exact) mass is 303 g/mol. The average Bonchev–Trinajstić information content (AvgIpc) is 2.44. The molecule has 114 valence electrons. The molecule has 0 aliphatic rings. The smallest absolute Gasteiger partial charge is 0.211 e. The van der Waals surface area contributed by atoms with Crippen LogP contribution in [0, 0.1) is 0 Å². The summed E-state index contributed by atoms with van der Waals surface area (Å²) in [7, 11) is -0.191. The van der Waals surface area contributed by atoms with E-state index in [-0.39, 0.29) is 18.8 Å². The Balaban J connectivity index is 2.54. The molecule has 0 fully saturated rings. The molecule has 0 aliphatic carbocycles. The van der Waals surface area contributed by atoms with E-state index < -0.39 is 10.0 Å². The molecule has 0 heterocycles. The van der Waals surface area contributed by atoms with E-state index in [9.17, 15) is 8.42 Å². The van der Waals surface area contributed by atoms with Gasteiger partial charge in [0, 0.05) is 13.2 Å². The number of hydrogen-bond acceptors (Lipinski definition) is 5. The Morgan fingerprint density at radius 2 is 1.90 bits per heavy atom. The highest BCUT2D eigenvalue weighted by molar-refractivity contribution is 7.89. The van der Waals surface area contributed by atoms with Crippen molar-refractivity contribution in [1.82, 2.24) is 4.72 Å². The van der Waals surface area contributed by atoms with Crippen LogP contribution in [-0.2, 0) is 16.4 Å². The molecular weight excluding hydrogens is 282 g/mol. The van der Waals surface area contributed by atoms with Crippen LogP contribution in [0.3, 0.4) is 0 Å². The van der Waals surface area contributed by atoms with Crippen LogP contribution in [0.1, 0.15) is 12.0 Å². The van der Waals surface area contributed by atoms with Crippen molar-refractivity contribution in [3.8, 4) is 11.5 Å². The number of benzene rings is 1. The van der Waals surface area contributed by atoms with Gasteiger partial charge >= 0.3 is 0 Å². The lowest BCUT2D eigenvalue weighted by Crippen LogP contribution is -2.28. The first-order valence-electron chi connectivity index (χ1n) is 6.31. The number of aliphatic hydroxyl groups excluding tert-OH is 1. The highest BCUT2D eigenvalue weighted by Gasteiger charge is 2.09. The molecule has 0 spiro atoms. The molecule has 6 nitrogen and oxygen atoms in total. The van der Waals surface area contributed by atoms with Crippen molar-refractivity contribution in [3.63, 3.8) is 0 Å². The summed E-state index contributed by atoms with van der Waals surface area (Å²) in [6.45, 7) is 0.180. The molecule has 0 atom stereocenters. The molecule has 7 heteroatoms. The normalized spacial score (nSPS) is 11.3. The highest BCUT2D eigenvalue weighted by Crippen LogP contribution is 2.27. The largest absolute Gasteiger partial charge is 0.493 e. The quantitative estimate of drug-likeness (QED) is 0.696. The first-order valence-corrected chi connectivity index (χ1v) is 7.96. The zero-order valence-corrected chi connectivity index (χ0v) is 12.6. The SMILES string of the molecule is COc1ccc(CCNS(=O)(=O)CCCO)cc1OC. The lowest BCUT2D eigenvalue weighted by Gasteiger charge is -2.10. The summed E-state index contributed by atoms with van der Waals surface area (Å²) in [6, 6.07) is 5.47. The van der Waals surface area contributed by atoms with Crippen molar-refractivity contribution in [2.75, 3.05) is 33.1 Å². The van der Waals surface area contributed by atoms with Gasteiger partial charge in [-0.2, -0.15) is 0 Å². The second-order valence-corrected chi connectivity index (χ2v) is 6.16. The van der Waals surface area contributed by atoms with E-state index in [4.69, 9.17) is 14.6 Å². The third-order valence-corrected chi connectivity index (χ3v) is 4.22. The third-order valence-electron chi connectivity index (χ3n) is 2.75. The molecule has 0 radical (unpaired) electrons. The summed E-state index contributed by atoms with van der Waals surface area (Å²) in [6.07, 6.45) is 0.796. The van der Waals surface area contributed by atoms with Crippen LogP contribution in [0.5, 0.6) is 11.5 Å². The zero-order valence-electron chi connectivity index (χ0n) is 11.8. The molecule has 1 rings (SSSR count). The number of hydrogen-bond donors (Lipinski definition) is 2. The van der Waals surface area contributed by atoms with E-state index >= 15 is 0 Å². The van der Waals surface area contributed by atoms with Crippen LogP contribution in [-0.4, -0.2) is 46.6 Å². The zero-order chi connectivity index (χ0) is 15.0. The Labute approximate surface area is 119 Å². The molecule has 0 amide bonds. The molecule has 0 unspecified atom stereocenters. The fraction of sp³-hybridized carbons (Fsp3) is 0.538. The van der Waals surface area contributed by atoms with Crippen LogP contribution >= 0.6 is 0 Å². The number of sulfonamides is 1. The lowest BCUT2D eigenvalue weighted by atomic mass is 10.1. The van der Waals surface area contributed by atoms with Gasteiger partial charge in [0.25, 0.3) is 0 Å². The van der Waals surface area contributed by atoms with Crippen molar-refractivity contribution < 1.29 is 23.0 Å². The van der Waals surface area contributed by atoms with Crippen LogP contribution in [0.25, 0.3) is 0 Å². The molecule has 0 saturated carbocycles. The van der Waals surface area contributed by atoms with Gasteiger partial charge < -0.3 is 14.6 Å². The van der Waals surface area contributed by atoms with Crippen LogP contribution < -0.4 is 14.2 Å². The van der Waals surface area contributed by atoms with Crippen molar-refractivity contribution >= 4 is 10.0 Å².